The van der Waals surface area contributed by atoms with E-state index in [1.54, 1.807) is 27.7 Å². The summed E-state index contributed by atoms with van der Waals surface area (Å²) in [6.45, 7) is 12.9. The molecule has 0 aliphatic heterocycles. The van der Waals surface area contributed by atoms with Gasteiger partial charge in [0.25, 0.3) is 0 Å². The van der Waals surface area contributed by atoms with Crippen LogP contribution in [-0.4, -0.2) is 18.0 Å². The van der Waals surface area contributed by atoms with Crippen molar-refractivity contribution in [3.8, 4) is 0 Å². The summed E-state index contributed by atoms with van der Waals surface area (Å²) in [5.74, 6) is 0. The molecule has 1 N–H and O–H groups in total. The number of aryl methyl sites for hydroxylation is 3. The van der Waals surface area contributed by atoms with Crippen LogP contribution in [0.4, 0.5) is 4.79 Å². The molecule has 1 aromatic rings. The molecule has 4 nitrogen and oxygen atoms in total. The van der Waals surface area contributed by atoms with Crippen LogP contribution in [0.25, 0.3) is 0 Å². The van der Waals surface area contributed by atoms with Crippen LogP contribution in [0.1, 0.15) is 49.9 Å². The average Bonchev–Trinajstić information content (AvgIpc) is 2.24. The molecule has 0 aliphatic carbocycles. The Labute approximate surface area is 126 Å². The number of carbonyl (C=O) groups is 2. The molecule has 1 amide bonds. The van der Waals surface area contributed by atoms with Crippen molar-refractivity contribution in [3.63, 3.8) is 0 Å². The molecule has 1 aromatic carbocycles. The molecule has 4 heteroatoms. The molecule has 0 heterocycles. The van der Waals surface area contributed by atoms with Gasteiger partial charge in [-0.05, 0) is 65.2 Å². The second-order valence-electron chi connectivity index (χ2n) is 6.72. The number of carbonyl (C=O) groups excluding carboxylic acids is 2. The molecule has 0 fully saturated rings. The highest BCUT2D eigenvalue weighted by molar-refractivity contribution is 5.79. The number of rotatable bonds is 3. The van der Waals surface area contributed by atoms with E-state index in [1.165, 1.54) is 0 Å². The summed E-state index contributed by atoms with van der Waals surface area (Å²) in [5.41, 5.74) is 2.17. The van der Waals surface area contributed by atoms with Crippen LogP contribution >= 0.6 is 0 Å². The van der Waals surface area contributed by atoms with Crippen LogP contribution in [0.15, 0.2) is 12.1 Å². The van der Waals surface area contributed by atoms with Crippen molar-refractivity contribution in [3.05, 3.63) is 34.4 Å². The summed E-state index contributed by atoms with van der Waals surface area (Å²) in [6, 6.07) is 4.00. The van der Waals surface area contributed by atoms with Gasteiger partial charge in [-0.25, -0.2) is 4.79 Å². The highest BCUT2D eigenvalue weighted by Crippen LogP contribution is 2.27. The first kappa shape index (κ1) is 17.2. The van der Waals surface area contributed by atoms with Gasteiger partial charge in [-0.2, -0.15) is 0 Å². The lowest BCUT2D eigenvalue weighted by Gasteiger charge is -2.30. The standard InChI is InChI=1S/C17H25NO3/c1-11-8-12(2)14(13(3)9-11)17(7,10-19)18-15(20)21-16(4,5)6/h8-10H,1-7H3,(H,18,20). The quantitative estimate of drug-likeness (QED) is 0.866. The molecule has 0 aromatic heterocycles. The number of hydrogen-bond donors (Lipinski definition) is 1. The van der Waals surface area contributed by atoms with Crippen LogP contribution in [0, 0.1) is 20.8 Å². The Morgan fingerprint density at radius 3 is 1.95 bits per heavy atom. The highest BCUT2D eigenvalue weighted by Gasteiger charge is 2.33. The normalized spacial score (nSPS) is 14.2. The number of benzene rings is 1. The maximum absolute atomic E-state index is 12.0. The summed E-state index contributed by atoms with van der Waals surface area (Å²) in [7, 11) is 0. The fourth-order valence-electron chi connectivity index (χ4n) is 2.67. The molecule has 0 spiro atoms. The molecule has 1 unspecified atom stereocenters. The first-order valence-electron chi connectivity index (χ1n) is 7.04. The Balaban J connectivity index is 3.17. The van der Waals surface area contributed by atoms with Gasteiger partial charge in [0.1, 0.15) is 17.4 Å². The first-order chi connectivity index (χ1) is 9.48. The number of nitrogens with one attached hydrogen (secondary N) is 1. The SMILES string of the molecule is Cc1cc(C)c(C(C)(C=O)NC(=O)OC(C)(C)C)c(C)c1. The molecule has 0 saturated carbocycles. The van der Waals surface area contributed by atoms with Crippen LogP contribution in [-0.2, 0) is 15.1 Å². The van der Waals surface area contributed by atoms with E-state index in [0.717, 1.165) is 28.5 Å². The number of alkyl carbamates (subject to hydrolysis) is 1. The number of ether oxygens (including phenoxy) is 1. The van der Waals surface area contributed by atoms with E-state index in [9.17, 15) is 9.59 Å². The van der Waals surface area contributed by atoms with E-state index in [1.807, 2.05) is 32.9 Å². The molecular formula is C17H25NO3. The van der Waals surface area contributed by atoms with Crippen molar-refractivity contribution in [2.24, 2.45) is 0 Å². The lowest BCUT2D eigenvalue weighted by molar-refractivity contribution is -0.113. The molecule has 116 valence electrons. The van der Waals surface area contributed by atoms with Crippen LogP contribution in [0.3, 0.4) is 0 Å². The molecule has 0 bridgehead atoms. The highest BCUT2D eigenvalue weighted by atomic mass is 16.6. The van der Waals surface area contributed by atoms with Gasteiger partial charge in [0.2, 0.25) is 0 Å². The zero-order valence-electron chi connectivity index (χ0n) is 14.0. The maximum atomic E-state index is 12.0. The topological polar surface area (TPSA) is 55.4 Å². The van der Waals surface area contributed by atoms with Crippen molar-refractivity contribution in [1.29, 1.82) is 0 Å². The Morgan fingerprint density at radius 2 is 1.57 bits per heavy atom. The molecule has 0 radical (unpaired) electrons. The van der Waals surface area contributed by atoms with Gasteiger partial charge in [0, 0.05) is 0 Å². The predicted octanol–water partition coefficient (Wildman–Crippen LogP) is 3.55. The zero-order chi connectivity index (χ0) is 16.4. The van der Waals surface area contributed by atoms with Crippen molar-refractivity contribution < 1.29 is 14.3 Å². The second-order valence-corrected chi connectivity index (χ2v) is 6.72. The first-order valence-corrected chi connectivity index (χ1v) is 7.04. The van der Waals surface area contributed by atoms with Crippen LogP contribution < -0.4 is 5.32 Å². The predicted molar refractivity (Wildman–Crippen MR) is 83.4 cm³/mol. The monoisotopic (exact) mass is 291 g/mol. The minimum Gasteiger partial charge on any atom is -0.444 e. The summed E-state index contributed by atoms with van der Waals surface area (Å²) in [4.78, 5) is 23.7. The summed E-state index contributed by atoms with van der Waals surface area (Å²) < 4.78 is 5.25. The molecule has 1 atom stereocenters. The van der Waals surface area contributed by atoms with Gasteiger partial charge in [0.15, 0.2) is 0 Å². The average molecular weight is 291 g/mol. The molecular weight excluding hydrogens is 266 g/mol. The van der Waals surface area contributed by atoms with E-state index in [-0.39, 0.29) is 0 Å². The van der Waals surface area contributed by atoms with Crippen LogP contribution in [0.5, 0.6) is 0 Å². The third kappa shape index (κ3) is 4.31. The number of aldehydes is 1. The maximum Gasteiger partial charge on any atom is 0.408 e. The minimum atomic E-state index is -1.11. The van der Waals surface area contributed by atoms with Crippen molar-refractivity contribution in [1.82, 2.24) is 5.32 Å². The Morgan fingerprint density at radius 1 is 1.10 bits per heavy atom. The number of amides is 1. The Hall–Kier alpha value is -1.84. The van der Waals surface area contributed by atoms with Crippen molar-refractivity contribution in [2.45, 2.75) is 59.6 Å². The lowest BCUT2D eigenvalue weighted by atomic mass is 9.85. The number of hydrogen-bond acceptors (Lipinski definition) is 3. The van der Waals surface area contributed by atoms with Gasteiger partial charge in [0.05, 0.1) is 0 Å². The second kappa shape index (κ2) is 5.88. The van der Waals surface area contributed by atoms with E-state index in [2.05, 4.69) is 5.32 Å². The fraction of sp³-hybridized carbons (Fsp3) is 0.529. The van der Waals surface area contributed by atoms with Gasteiger partial charge in [-0.1, -0.05) is 17.7 Å². The van der Waals surface area contributed by atoms with Crippen molar-refractivity contribution in [2.75, 3.05) is 0 Å². The van der Waals surface area contributed by atoms with E-state index in [0.29, 0.717) is 0 Å². The zero-order valence-corrected chi connectivity index (χ0v) is 14.0. The molecule has 21 heavy (non-hydrogen) atoms. The third-order valence-corrected chi connectivity index (χ3v) is 3.19. The minimum absolute atomic E-state index is 0.600. The van der Waals surface area contributed by atoms with Gasteiger partial charge in [-0.3, -0.25) is 0 Å². The summed E-state index contributed by atoms with van der Waals surface area (Å²) >= 11 is 0. The van der Waals surface area contributed by atoms with E-state index >= 15 is 0 Å². The smallest absolute Gasteiger partial charge is 0.408 e. The third-order valence-electron chi connectivity index (χ3n) is 3.19. The molecule has 0 aliphatic rings. The summed E-state index contributed by atoms with van der Waals surface area (Å²) in [6.07, 6.45) is 0.151. The fourth-order valence-corrected chi connectivity index (χ4v) is 2.67. The van der Waals surface area contributed by atoms with Crippen molar-refractivity contribution >= 4 is 12.4 Å². The van der Waals surface area contributed by atoms with E-state index in [4.69, 9.17) is 4.74 Å². The van der Waals surface area contributed by atoms with Gasteiger partial charge < -0.3 is 14.8 Å². The molecule has 1 rings (SSSR count). The van der Waals surface area contributed by atoms with Crippen LogP contribution in [0.2, 0.25) is 0 Å². The lowest BCUT2D eigenvalue weighted by Crippen LogP contribution is -2.47. The summed E-state index contributed by atoms with van der Waals surface area (Å²) in [5, 5.41) is 2.69. The van der Waals surface area contributed by atoms with Gasteiger partial charge in [-0.15, -0.1) is 0 Å². The Kier molecular flexibility index (Phi) is 4.82. The molecule has 0 saturated heterocycles. The van der Waals surface area contributed by atoms with Gasteiger partial charge >= 0.3 is 6.09 Å². The largest absolute Gasteiger partial charge is 0.444 e. The Bertz CT molecular complexity index is 535. The van der Waals surface area contributed by atoms with E-state index < -0.39 is 17.2 Å².